The standard InChI is InChI=1S/C20H21NO4/c1-23-11-12-25-19-10-6-9-17-16(19)13-18(20(22)24-2)21(17)14-15-7-4-3-5-8-15/h3-10,13H,11-12,14H2,1-2H3. The molecule has 1 aromatic heterocycles. The lowest BCUT2D eigenvalue weighted by molar-refractivity contribution is 0.0589. The number of nitrogens with zero attached hydrogens (tertiary/aromatic N) is 1. The summed E-state index contributed by atoms with van der Waals surface area (Å²) >= 11 is 0. The van der Waals surface area contributed by atoms with Gasteiger partial charge in [0.2, 0.25) is 0 Å². The Balaban J connectivity index is 2.06. The fourth-order valence-electron chi connectivity index (χ4n) is 2.83. The quantitative estimate of drug-likeness (QED) is 0.488. The molecule has 0 spiro atoms. The molecule has 25 heavy (non-hydrogen) atoms. The van der Waals surface area contributed by atoms with E-state index in [9.17, 15) is 4.79 Å². The van der Waals surface area contributed by atoms with Crippen molar-refractivity contribution in [2.75, 3.05) is 27.4 Å². The Hall–Kier alpha value is -2.79. The maximum atomic E-state index is 12.3. The van der Waals surface area contributed by atoms with Gasteiger partial charge in [-0.3, -0.25) is 0 Å². The normalized spacial score (nSPS) is 10.8. The molecule has 0 fully saturated rings. The van der Waals surface area contributed by atoms with Gasteiger partial charge >= 0.3 is 5.97 Å². The largest absolute Gasteiger partial charge is 0.490 e. The topological polar surface area (TPSA) is 49.7 Å². The van der Waals surface area contributed by atoms with Crippen LogP contribution in [0.4, 0.5) is 0 Å². The number of hydrogen-bond acceptors (Lipinski definition) is 4. The average Bonchev–Trinajstić information content (AvgIpc) is 3.01. The number of carbonyl (C=O) groups excluding carboxylic acids is 1. The molecule has 0 aliphatic carbocycles. The summed E-state index contributed by atoms with van der Waals surface area (Å²) in [5.74, 6) is 0.362. The van der Waals surface area contributed by atoms with Crippen molar-refractivity contribution in [3.63, 3.8) is 0 Å². The fourth-order valence-corrected chi connectivity index (χ4v) is 2.83. The average molecular weight is 339 g/mol. The lowest BCUT2D eigenvalue weighted by atomic mass is 10.2. The van der Waals surface area contributed by atoms with Gasteiger partial charge in [0.1, 0.15) is 18.1 Å². The maximum absolute atomic E-state index is 12.3. The molecule has 1 heterocycles. The molecule has 3 rings (SSSR count). The van der Waals surface area contributed by atoms with Gasteiger partial charge in [-0.05, 0) is 23.8 Å². The van der Waals surface area contributed by atoms with Crippen molar-refractivity contribution >= 4 is 16.9 Å². The van der Waals surface area contributed by atoms with Gasteiger partial charge in [0, 0.05) is 19.0 Å². The van der Waals surface area contributed by atoms with Gasteiger partial charge < -0.3 is 18.8 Å². The molecular weight excluding hydrogens is 318 g/mol. The molecule has 5 heteroatoms. The first kappa shape index (κ1) is 17.0. The highest BCUT2D eigenvalue weighted by atomic mass is 16.5. The van der Waals surface area contributed by atoms with Crippen molar-refractivity contribution in [2.45, 2.75) is 6.54 Å². The Labute approximate surface area is 146 Å². The maximum Gasteiger partial charge on any atom is 0.354 e. The van der Waals surface area contributed by atoms with Crippen molar-refractivity contribution in [1.29, 1.82) is 0 Å². The molecule has 0 atom stereocenters. The molecule has 2 aromatic carbocycles. The van der Waals surface area contributed by atoms with E-state index in [1.165, 1.54) is 7.11 Å². The van der Waals surface area contributed by atoms with E-state index >= 15 is 0 Å². The zero-order chi connectivity index (χ0) is 17.6. The van der Waals surface area contributed by atoms with Crippen LogP contribution in [0.25, 0.3) is 10.9 Å². The minimum atomic E-state index is -0.366. The molecule has 0 saturated heterocycles. The summed E-state index contributed by atoms with van der Waals surface area (Å²) in [6, 6.07) is 17.6. The molecule has 0 bridgehead atoms. The van der Waals surface area contributed by atoms with Gasteiger partial charge in [0.05, 0.1) is 19.2 Å². The number of hydrogen-bond donors (Lipinski definition) is 0. The van der Waals surface area contributed by atoms with E-state index in [4.69, 9.17) is 14.2 Å². The first-order valence-electron chi connectivity index (χ1n) is 8.11. The lowest BCUT2D eigenvalue weighted by Gasteiger charge is -2.11. The number of carbonyl (C=O) groups is 1. The smallest absolute Gasteiger partial charge is 0.354 e. The third-order valence-corrected chi connectivity index (χ3v) is 4.03. The number of methoxy groups -OCH3 is 2. The fraction of sp³-hybridized carbons (Fsp3) is 0.250. The summed E-state index contributed by atoms with van der Waals surface area (Å²) in [5, 5.41) is 0.884. The second kappa shape index (κ2) is 7.85. The third kappa shape index (κ3) is 3.67. The summed E-state index contributed by atoms with van der Waals surface area (Å²) in [6.07, 6.45) is 0. The van der Waals surface area contributed by atoms with Gasteiger partial charge in [0.15, 0.2) is 0 Å². The second-order valence-corrected chi connectivity index (χ2v) is 5.62. The molecule has 130 valence electrons. The predicted molar refractivity (Wildman–Crippen MR) is 96.2 cm³/mol. The first-order valence-corrected chi connectivity index (χ1v) is 8.11. The second-order valence-electron chi connectivity index (χ2n) is 5.62. The van der Waals surface area contributed by atoms with Crippen LogP contribution < -0.4 is 4.74 Å². The molecule has 0 saturated carbocycles. The molecule has 0 amide bonds. The van der Waals surface area contributed by atoms with Crippen LogP contribution in [0.15, 0.2) is 54.6 Å². The molecule has 5 nitrogen and oxygen atoms in total. The van der Waals surface area contributed by atoms with Crippen LogP contribution >= 0.6 is 0 Å². The highest BCUT2D eigenvalue weighted by molar-refractivity contribution is 5.98. The van der Waals surface area contributed by atoms with Gasteiger partial charge in [-0.25, -0.2) is 4.79 Å². The number of fused-ring (bicyclic) bond motifs is 1. The van der Waals surface area contributed by atoms with E-state index in [2.05, 4.69) is 0 Å². The highest BCUT2D eigenvalue weighted by Gasteiger charge is 2.18. The van der Waals surface area contributed by atoms with Crippen LogP contribution in [0.2, 0.25) is 0 Å². The Morgan fingerprint density at radius 2 is 1.80 bits per heavy atom. The molecular formula is C20H21NO4. The third-order valence-electron chi connectivity index (χ3n) is 4.03. The first-order chi connectivity index (χ1) is 12.2. The van der Waals surface area contributed by atoms with E-state index in [-0.39, 0.29) is 5.97 Å². The number of rotatable bonds is 7. The summed E-state index contributed by atoms with van der Waals surface area (Å²) in [4.78, 5) is 12.3. The van der Waals surface area contributed by atoms with E-state index in [0.717, 1.165) is 22.2 Å². The van der Waals surface area contributed by atoms with Crippen molar-refractivity contribution in [3.8, 4) is 5.75 Å². The van der Waals surface area contributed by atoms with Crippen molar-refractivity contribution < 1.29 is 19.0 Å². The van der Waals surface area contributed by atoms with Crippen LogP contribution in [0.5, 0.6) is 5.75 Å². The van der Waals surface area contributed by atoms with Crippen molar-refractivity contribution in [2.24, 2.45) is 0 Å². The highest BCUT2D eigenvalue weighted by Crippen LogP contribution is 2.30. The van der Waals surface area contributed by atoms with E-state index < -0.39 is 0 Å². The number of ether oxygens (including phenoxy) is 3. The van der Waals surface area contributed by atoms with E-state index in [1.807, 2.05) is 59.2 Å². The Morgan fingerprint density at radius 1 is 1.00 bits per heavy atom. The monoisotopic (exact) mass is 339 g/mol. The number of aromatic nitrogens is 1. The summed E-state index contributed by atoms with van der Waals surface area (Å²) in [5.41, 5.74) is 2.54. The van der Waals surface area contributed by atoms with Gasteiger partial charge in [-0.1, -0.05) is 36.4 Å². The van der Waals surface area contributed by atoms with Gasteiger partial charge in [-0.15, -0.1) is 0 Å². The lowest BCUT2D eigenvalue weighted by Crippen LogP contribution is -2.11. The molecule has 0 unspecified atom stereocenters. The number of esters is 1. The molecule has 0 N–H and O–H groups in total. The van der Waals surface area contributed by atoms with Crippen LogP contribution in [-0.2, 0) is 16.0 Å². The Bertz CT molecular complexity index is 855. The van der Waals surface area contributed by atoms with Crippen LogP contribution in [0, 0.1) is 0 Å². The van der Waals surface area contributed by atoms with Crippen molar-refractivity contribution in [1.82, 2.24) is 4.57 Å². The Morgan fingerprint density at radius 3 is 2.52 bits per heavy atom. The van der Waals surface area contributed by atoms with E-state index in [0.29, 0.717) is 25.5 Å². The van der Waals surface area contributed by atoms with Gasteiger partial charge in [-0.2, -0.15) is 0 Å². The van der Waals surface area contributed by atoms with Gasteiger partial charge in [0.25, 0.3) is 0 Å². The summed E-state index contributed by atoms with van der Waals surface area (Å²) in [7, 11) is 3.03. The summed E-state index contributed by atoms with van der Waals surface area (Å²) in [6.45, 7) is 1.54. The zero-order valence-electron chi connectivity index (χ0n) is 14.4. The van der Waals surface area contributed by atoms with E-state index in [1.54, 1.807) is 7.11 Å². The molecule has 0 radical (unpaired) electrons. The Kier molecular flexibility index (Phi) is 5.36. The predicted octanol–water partition coefficient (Wildman–Crippen LogP) is 3.50. The molecule has 0 aliphatic heterocycles. The van der Waals surface area contributed by atoms with Crippen molar-refractivity contribution in [3.05, 3.63) is 65.9 Å². The molecule has 0 aliphatic rings. The summed E-state index contributed by atoms with van der Waals surface area (Å²) < 4.78 is 17.8. The minimum absolute atomic E-state index is 0.366. The SMILES string of the molecule is COCCOc1cccc2c1cc(C(=O)OC)n2Cc1ccccc1. The number of benzene rings is 2. The van der Waals surface area contributed by atoms with Crippen LogP contribution in [-0.4, -0.2) is 38.0 Å². The van der Waals surface area contributed by atoms with Crippen LogP contribution in [0.1, 0.15) is 16.1 Å². The molecule has 3 aromatic rings. The zero-order valence-corrected chi connectivity index (χ0v) is 14.4. The minimum Gasteiger partial charge on any atom is -0.490 e. The van der Waals surface area contributed by atoms with Crippen LogP contribution in [0.3, 0.4) is 0 Å².